The molecule has 0 amide bonds. The van der Waals surface area contributed by atoms with E-state index >= 15 is 0 Å². The minimum atomic E-state index is 0.585. The standard InChI is InChI=1S/C15H12BrClN2/c1-10-6-13(16)15(7-14(10)17)19-9-12-5-3-2-4-11(12)8-18/h2-7,19H,9H2,1H3. The highest BCUT2D eigenvalue weighted by Gasteiger charge is 2.05. The van der Waals surface area contributed by atoms with Crippen molar-refractivity contribution in [2.75, 3.05) is 5.32 Å². The first-order valence-corrected chi connectivity index (χ1v) is 6.96. The van der Waals surface area contributed by atoms with Crippen LogP contribution in [0.5, 0.6) is 0 Å². The molecule has 2 nitrogen and oxygen atoms in total. The van der Waals surface area contributed by atoms with Crippen molar-refractivity contribution in [3.8, 4) is 6.07 Å². The van der Waals surface area contributed by atoms with Gasteiger partial charge < -0.3 is 5.32 Å². The molecule has 0 aliphatic carbocycles. The lowest BCUT2D eigenvalue weighted by atomic mass is 10.1. The van der Waals surface area contributed by atoms with Crippen LogP contribution in [0.1, 0.15) is 16.7 Å². The number of nitrogens with one attached hydrogen (secondary N) is 1. The van der Waals surface area contributed by atoms with Gasteiger partial charge in [0.05, 0.1) is 17.3 Å². The minimum Gasteiger partial charge on any atom is -0.380 e. The van der Waals surface area contributed by atoms with Gasteiger partial charge in [-0.25, -0.2) is 0 Å². The van der Waals surface area contributed by atoms with Crippen molar-refractivity contribution in [1.29, 1.82) is 5.26 Å². The average molecular weight is 336 g/mol. The molecule has 0 spiro atoms. The second-order valence-corrected chi connectivity index (χ2v) is 5.47. The third-order valence-electron chi connectivity index (χ3n) is 2.86. The Hall–Kier alpha value is -1.50. The second kappa shape index (κ2) is 6.10. The average Bonchev–Trinajstić information content (AvgIpc) is 2.41. The van der Waals surface area contributed by atoms with E-state index in [4.69, 9.17) is 16.9 Å². The van der Waals surface area contributed by atoms with Gasteiger partial charge in [-0.05, 0) is 52.2 Å². The van der Waals surface area contributed by atoms with Gasteiger partial charge >= 0.3 is 0 Å². The van der Waals surface area contributed by atoms with Crippen molar-refractivity contribution in [3.63, 3.8) is 0 Å². The summed E-state index contributed by atoms with van der Waals surface area (Å²) in [4.78, 5) is 0. The van der Waals surface area contributed by atoms with Crippen molar-refractivity contribution < 1.29 is 0 Å². The van der Waals surface area contributed by atoms with Gasteiger partial charge in [-0.15, -0.1) is 0 Å². The quantitative estimate of drug-likeness (QED) is 0.866. The van der Waals surface area contributed by atoms with Crippen LogP contribution in [-0.2, 0) is 6.54 Å². The molecule has 0 aliphatic rings. The molecule has 2 rings (SSSR count). The number of nitrogens with zero attached hydrogens (tertiary/aromatic N) is 1. The van der Waals surface area contributed by atoms with Gasteiger partial charge in [0.2, 0.25) is 0 Å². The van der Waals surface area contributed by atoms with Crippen molar-refractivity contribution in [1.82, 2.24) is 0 Å². The molecule has 19 heavy (non-hydrogen) atoms. The Balaban J connectivity index is 2.20. The molecule has 0 aromatic heterocycles. The highest BCUT2D eigenvalue weighted by Crippen LogP contribution is 2.29. The van der Waals surface area contributed by atoms with Crippen molar-refractivity contribution >= 4 is 33.2 Å². The fourth-order valence-corrected chi connectivity index (χ4v) is 2.52. The largest absolute Gasteiger partial charge is 0.380 e. The van der Waals surface area contributed by atoms with Crippen LogP contribution in [0.4, 0.5) is 5.69 Å². The minimum absolute atomic E-state index is 0.585. The zero-order valence-corrected chi connectivity index (χ0v) is 12.7. The molecule has 2 aromatic carbocycles. The topological polar surface area (TPSA) is 35.8 Å². The Bertz CT molecular complexity index is 647. The molecule has 2 aromatic rings. The molecular formula is C15H12BrClN2. The second-order valence-electron chi connectivity index (χ2n) is 4.20. The van der Waals surface area contributed by atoms with Crippen LogP contribution >= 0.6 is 27.5 Å². The number of halogens is 2. The monoisotopic (exact) mass is 334 g/mol. The zero-order valence-electron chi connectivity index (χ0n) is 10.4. The summed E-state index contributed by atoms with van der Waals surface area (Å²) in [5.74, 6) is 0. The van der Waals surface area contributed by atoms with Crippen LogP contribution in [0.3, 0.4) is 0 Å². The Morgan fingerprint density at radius 3 is 2.79 bits per heavy atom. The number of anilines is 1. The van der Waals surface area contributed by atoms with Gasteiger partial charge in [0, 0.05) is 16.0 Å². The molecule has 4 heteroatoms. The van der Waals surface area contributed by atoms with Crippen LogP contribution in [0, 0.1) is 18.3 Å². The molecule has 0 unspecified atom stereocenters. The molecule has 0 fully saturated rings. The first kappa shape index (κ1) is 13.9. The lowest BCUT2D eigenvalue weighted by molar-refractivity contribution is 1.13. The Kier molecular flexibility index (Phi) is 4.47. The van der Waals surface area contributed by atoms with Gasteiger partial charge in [-0.1, -0.05) is 29.8 Å². The van der Waals surface area contributed by atoms with Gasteiger partial charge in [-0.2, -0.15) is 5.26 Å². The van der Waals surface area contributed by atoms with Crippen LogP contribution < -0.4 is 5.32 Å². The van der Waals surface area contributed by atoms with E-state index in [0.29, 0.717) is 12.1 Å². The van der Waals surface area contributed by atoms with Crippen LogP contribution in [0.2, 0.25) is 5.02 Å². The molecule has 0 radical (unpaired) electrons. The number of rotatable bonds is 3. The molecule has 96 valence electrons. The van der Waals surface area contributed by atoms with E-state index in [1.807, 2.05) is 43.3 Å². The van der Waals surface area contributed by atoms with Crippen molar-refractivity contribution in [2.45, 2.75) is 13.5 Å². The number of aryl methyl sites for hydroxylation is 1. The van der Waals surface area contributed by atoms with E-state index in [2.05, 4.69) is 27.3 Å². The smallest absolute Gasteiger partial charge is 0.0995 e. The summed E-state index contributed by atoms with van der Waals surface area (Å²) < 4.78 is 0.962. The van der Waals surface area contributed by atoms with Crippen molar-refractivity contribution in [3.05, 3.63) is 62.6 Å². The first-order valence-electron chi connectivity index (χ1n) is 5.79. The summed E-state index contributed by atoms with van der Waals surface area (Å²) in [7, 11) is 0. The number of benzene rings is 2. The van der Waals surface area contributed by atoms with Crippen LogP contribution in [-0.4, -0.2) is 0 Å². The van der Waals surface area contributed by atoms with Crippen molar-refractivity contribution in [2.24, 2.45) is 0 Å². The first-order chi connectivity index (χ1) is 9.11. The normalized spacial score (nSPS) is 10.0. The Labute approximate surface area is 126 Å². The molecule has 0 atom stereocenters. The highest BCUT2D eigenvalue weighted by molar-refractivity contribution is 9.10. The summed E-state index contributed by atoms with van der Waals surface area (Å²) in [5.41, 5.74) is 3.60. The predicted octanol–water partition coefficient (Wildman–Crippen LogP) is 4.89. The Morgan fingerprint density at radius 1 is 1.32 bits per heavy atom. The van der Waals surface area contributed by atoms with E-state index < -0.39 is 0 Å². The maximum atomic E-state index is 9.04. The van der Waals surface area contributed by atoms with Gasteiger partial charge in [-0.3, -0.25) is 0 Å². The maximum absolute atomic E-state index is 9.04. The molecule has 0 heterocycles. The number of nitriles is 1. The van der Waals surface area contributed by atoms with Crippen LogP contribution in [0.25, 0.3) is 0 Å². The van der Waals surface area contributed by atoms with E-state index in [1.165, 1.54) is 0 Å². The SMILES string of the molecule is Cc1cc(Br)c(NCc2ccccc2C#N)cc1Cl. The Morgan fingerprint density at radius 2 is 2.05 bits per heavy atom. The molecular weight excluding hydrogens is 324 g/mol. The van der Waals surface area contributed by atoms with Gasteiger partial charge in [0.15, 0.2) is 0 Å². The third-order valence-corrected chi connectivity index (χ3v) is 3.92. The highest BCUT2D eigenvalue weighted by atomic mass is 79.9. The molecule has 1 N–H and O–H groups in total. The number of hydrogen-bond acceptors (Lipinski definition) is 2. The van der Waals surface area contributed by atoms with Gasteiger partial charge in [0.25, 0.3) is 0 Å². The maximum Gasteiger partial charge on any atom is 0.0995 e. The molecule has 0 bridgehead atoms. The summed E-state index contributed by atoms with van der Waals surface area (Å²) >= 11 is 9.62. The van der Waals surface area contributed by atoms with Crippen LogP contribution in [0.15, 0.2) is 40.9 Å². The summed E-state index contributed by atoms with van der Waals surface area (Å²) in [5, 5.41) is 13.1. The molecule has 0 aliphatic heterocycles. The summed E-state index contributed by atoms with van der Waals surface area (Å²) in [6, 6.07) is 13.6. The lowest BCUT2D eigenvalue weighted by Crippen LogP contribution is -2.02. The summed E-state index contributed by atoms with van der Waals surface area (Å²) in [6.07, 6.45) is 0. The van der Waals surface area contributed by atoms with E-state index in [9.17, 15) is 0 Å². The number of hydrogen-bond donors (Lipinski definition) is 1. The van der Waals surface area contributed by atoms with E-state index in [-0.39, 0.29) is 0 Å². The molecule has 0 saturated heterocycles. The van der Waals surface area contributed by atoms with E-state index in [0.717, 1.165) is 26.3 Å². The fourth-order valence-electron chi connectivity index (χ4n) is 1.76. The lowest BCUT2D eigenvalue weighted by Gasteiger charge is -2.11. The third kappa shape index (κ3) is 3.28. The van der Waals surface area contributed by atoms with Gasteiger partial charge in [0.1, 0.15) is 0 Å². The molecule has 0 saturated carbocycles. The fraction of sp³-hybridized carbons (Fsp3) is 0.133. The zero-order chi connectivity index (χ0) is 13.8. The summed E-state index contributed by atoms with van der Waals surface area (Å²) in [6.45, 7) is 2.55. The predicted molar refractivity (Wildman–Crippen MR) is 82.4 cm³/mol. The van der Waals surface area contributed by atoms with E-state index in [1.54, 1.807) is 0 Å².